The molecule has 0 aliphatic carbocycles. The van der Waals surface area contributed by atoms with E-state index >= 15 is 0 Å². The van der Waals surface area contributed by atoms with Gasteiger partial charge in [0.15, 0.2) is 0 Å². The Morgan fingerprint density at radius 1 is 1.43 bits per heavy atom. The van der Waals surface area contributed by atoms with Gasteiger partial charge in [-0.15, -0.1) is 0 Å². The molecule has 1 unspecified atom stereocenters. The number of anilines is 1. The van der Waals surface area contributed by atoms with Gasteiger partial charge in [-0.1, -0.05) is 32.0 Å². The number of carbonyl (C=O) groups excluding carboxylic acids is 1. The van der Waals surface area contributed by atoms with Gasteiger partial charge in [0.05, 0.1) is 0 Å². The molecular weight excluding hydrogens is 288 g/mol. The van der Waals surface area contributed by atoms with Crippen LogP contribution < -0.4 is 10.6 Å². The number of piperazine rings is 1. The van der Waals surface area contributed by atoms with Gasteiger partial charge in [0, 0.05) is 38.1 Å². The molecular formula is C18H24N4O. The van der Waals surface area contributed by atoms with Gasteiger partial charge >= 0.3 is 0 Å². The van der Waals surface area contributed by atoms with Crippen LogP contribution in [0.15, 0.2) is 36.0 Å². The van der Waals surface area contributed by atoms with E-state index in [9.17, 15) is 10.1 Å². The van der Waals surface area contributed by atoms with Crippen molar-refractivity contribution in [2.24, 2.45) is 0 Å². The summed E-state index contributed by atoms with van der Waals surface area (Å²) >= 11 is 0. The van der Waals surface area contributed by atoms with Crippen LogP contribution in [0.25, 0.3) is 0 Å². The number of nitrogens with zero attached hydrogens (tertiary/aromatic N) is 2. The van der Waals surface area contributed by atoms with E-state index in [1.807, 2.05) is 24.3 Å². The molecule has 0 bridgehead atoms. The highest BCUT2D eigenvalue weighted by atomic mass is 16.2. The second-order valence-electron chi connectivity index (χ2n) is 5.75. The number of para-hydroxylation sites is 1. The van der Waals surface area contributed by atoms with Crippen molar-refractivity contribution < 1.29 is 4.79 Å². The Morgan fingerprint density at radius 2 is 2.13 bits per heavy atom. The second kappa shape index (κ2) is 8.35. The SMILES string of the molecule is CCC(C)c1ccccc1N/C=C(/C#N)C(=O)N1CCNCC1. The van der Waals surface area contributed by atoms with Gasteiger partial charge < -0.3 is 15.5 Å². The number of carbonyl (C=O) groups is 1. The van der Waals surface area contributed by atoms with Crippen LogP contribution in [0.3, 0.4) is 0 Å². The number of hydrogen-bond acceptors (Lipinski definition) is 4. The average Bonchev–Trinajstić information content (AvgIpc) is 2.62. The molecule has 5 heteroatoms. The van der Waals surface area contributed by atoms with Crippen LogP contribution in [-0.4, -0.2) is 37.0 Å². The van der Waals surface area contributed by atoms with Crippen molar-refractivity contribution in [3.63, 3.8) is 0 Å². The molecule has 1 aliphatic rings. The minimum Gasteiger partial charge on any atom is -0.360 e. The van der Waals surface area contributed by atoms with Crippen LogP contribution in [0.4, 0.5) is 5.69 Å². The van der Waals surface area contributed by atoms with Crippen molar-refractivity contribution in [3.8, 4) is 6.07 Å². The second-order valence-corrected chi connectivity index (χ2v) is 5.75. The Hall–Kier alpha value is -2.32. The number of hydrogen-bond donors (Lipinski definition) is 2. The van der Waals surface area contributed by atoms with Crippen molar-refractivity contribution in [3.05, 3.63) is 41.6 Å². The lowest BCUT2D eigenvalue weighted by Gasteiger charge is -2.27. The Bertz CT molecular complexity index is 612. The molecule has 1 atom stereocenters. The Morgan fingerprint density at radius 3 is 2.78 bits per heavy atom. The van der Waals surface area contributed by atoms with E-state index in [0.717, 1.165) is 25.2 Å². The fourth-order valence-corrected chi connectivity index (χ4v) is 2.61. The summed E-state index contributed by atoms with van der Waals surface area (Å²) in [4.78, 5) is 14.1. The van der Waals surface area contributed by atoms with Crippen LogP contribution in [0, 0.1) is 11.3 Å². The molecule has 1 aromatic carbocycles. The Kier molecular flexibility index (Phi) is 6.19. The summed E-state index contributed by atoms with van der Waals surface area (Å²) < 4.78 is 0. The number of benzene rings is 1. The molecule has 122 valence electrons. The third kappa shape index (κ3) is 4.33. The first-order valence-corrected chi connectivity index (χ1v) is 8.13. The molecule has 0 aromatic heterocycles. The normalized spacial score (nSPS) is 16.6. The minimum absolute atomic E-state index is 0.144. The zero-order valence-corrected chi connectivity index (χ0v) is 13.8. The van der Waals surface area contributed by atoms with E-state index < -0.39 is 0 Å². The molecule has 1 amide bonds. The largest absolute Gasteiger partial charge is 0.360 e. The van der Waals surface area contributed by atoms with Crippen LogP contribution >= 0.6 is 0 Å². The summed E-state index contributed by atoms with van der Waals surface area (Å²) in [6, 6.07) is 10.0. The number of amides is 1. The molecule has 23 heavy (non-hydrogen) atoms. The minimum atomic E-state index is -0.206. The molecule has 1 aliphatic heterocycles. The van der Waals surface area contributed by atoms with E-state index in [1.165, 1.54) is 11.8 Å². The molecule has 2 N–H and O–H groups in total. The Balaban J connectivity index is 2.14. The third-order valence-electron chi connectivity index (χ3n) is 4.23. The third-order valence-corrected chi connectivity index (χ3v) is 4.23. The summed E-state index contributed by atoms with van der Waals surface area (Å²) in [6.07, 6.45) is 2.57. The predicted molar refractivity (Wildman–Crippen MR) is 91.9 cm³/mol. The maximum absolute atomic E-state index is 12.4. The maximum Gasteiger partial charge on any atom is 0.266 e. The summed E-state index contributed by atoms with van der Waals surface area (Å²) in [7, 11) is 0. The van der Waals surface area contributed by atoms with Crippen LogP contribution in [-0.2, 0) is 4.79 Å². The van der Waals surface area contributed by atoms with Gasteiger partial charge in [-0.3, -0.25) is 4.79 Å². The van der Waals surface area contributed by atoms with Gasteiger partial charge in [-0.2, -0.15) is 5.26 Å². The zero-order chi connectivity index (χ0) is 16.7. The van der Waals surface area contributed by atoms with Crippen molar-refractivity contribution >= 4 is 11.6 Å². The lowest BCUT2D eigenvalue weighted by atomic mass is 9.97. The van der Waals surface area contributed by atoms with E-state index in [1.54, 1.807) is 4.90 Å². The first kappa shape index (κ1) is 17.0. The van der Waals surface area contributed by atoms with Crippen LogP contribution in [0.5, 0.6) is 0 Å². The lowest BCUT2D eigenvalue weighted by Crippen LogP contribution is -2.46. The highest BCUT2D eigenvalue weighted by Crippen LogP contribution is 2.26. The molecule has 0 radical (unpaired) electrons. The molecule has 2 rings (SSSR count). The first-order valence-electron chi connectivity index (χ1n) is 8.13. The van der Waals surface area contributed by atoms with E-state index in [2.05, 4.69) is 30.5 Å². The van der Waals surface area contributed by atoms with Crippen molar-refractivity contribution in [2.75, 3.05) is 31.5 Å². The van der Waals surface area contributed by atoms with Gasteiger partial charge in [0.25, 0.3) is 5.91 Å². The summed E-state index contributed by atoms with van der Waals surface area (Å²) in [5.74, 6) is 0.212. The highest BCUT2D eigenvalue weighted by Gasteiger charge is 2.20. The van der Waals surface area contributed by atoms with Crippen molar-refractivity contribution in [2.45, 2.75) is 26.2 Å². The standard InChI is InChI=1S/C18H24N4O/c1-3-14(2)16-6-4-5-7-17(16)21-13-15(12-19)18(23)22-10-8-20-9-11-22/h4-7,13-14,20-21H,3,8-11H2,1-2H3/b15-13-. The topological polar surface area (TPSA) is 68.2 Å². The quantitative estimate of drug-likeness (QED) is 0.647. The average molecular weight is 312 g/mol. The van der Waals surface area contributed by atoms with Gasteiger partial charge in [-0.05, 0) is 24.0 Å². The fraction of sp³-hybridized carbons (Fsp3) is 0.444. The van der Waals surface area contributed by atoms with Crippen molar-refractivity contribution in [1.29, 1.82) is 5.26 Å². The first-order chi connectivity index (χ1) is 11.2. The maximum atomic E-state index is 12.4. The molecule has 1 saturated heterocycles. The van der Waals surface area contributed by atoms with E-state index in [4.69, 9.17) is 0 Å². The number of nitriles is 1. The molecule has 1 fully saturated rings. The predicted octanol–water partition coefficient (Wildman–Crippen LogP) is 2.45. The van der Waals surface area contributed by atoms with Crippen LogP contribution in [0.1, 0.15) is 31.7 Å². The fourth-order valence-electron chi connectivity index (χ4n) is 2.61. The number of rotatable bonds is 5. The molecule has 1 heterocycles. The molecule has 5 nitrogen and oxygen atoms in total. The summed E-state index contributed by atoms with van der Waals surface area (Å²) in [6.45, 7) is 7.14. The van der Waals surface area contributed by atoms with E-state index in [-0.39, 0.29) is 11.5 Å². The van der Waals surface area contributed by atoms with Gasteiger partial charge in [0.2, 0.25) is 0 Å². The van der Waals surface area contributed by atoms with Crippen LogP contribution in [0.2, 0.25) is 0 Å². The van der Waals surface area contributed by atoms with Gasteiger partial charge in [-0.25, -0.2) is 0 Å². The lowest BCUT2D eigenvalue weighted by molar-refractivity contribution is -0.127. The molecule has 0 saturated carbocycles. The van der Waals surface area contributed by atoms with E-state index in [0.29, 0.717) is 19.0 Å². The smallest absolute Gasteiger partial charge is 0.266 e. The monoisotopic (exact) mass is 312 g/mol. The summed E-state index contributed by atoms with van der Waals surface area (Å²) in [5.41, 5.74) is 2.28. The zero-order valence-electron chi connectivity index (χ0n) is 13.8. The molecule has 0 spiro atoms. The number of nitrogens with one attached hydrogen (secondary N) is 2. The van der Waals surface area contributed by atoms with Gasteiger partial charge in [0.1, 0.15) is 11.6 Å². The Labute approximate surface area is 138 Å². The summed E-state index contributed by atoms with van der Waals surface area (Å²) in [5, 5.41) is 15.7. The molecule has 1 aromatic rings. The van der Waals surface area contributed by atoms with Crippen molar-refractivity contribution in [1.82, 2.24) is 10.2 Å². The highest BCUT2D eigenvalue weighted by molar-refractivity contribution is 5.97.